The fraction of sp³-hybridized carbons (Fsp3) is 0. The van der Waals surface area contributed by atoms with Crippen molar-refractivity contribution in [2.75, 3.05) is 0 Å². The van der Waals surface area contributed by atoms with Crippen molar-refractivity contribution < 1.29 is 19.4 Å². The van der Waals surface area contributed by atoms with Gasteiger partial charge in [0.25, 0.3) is 0 Å². The topological polar surface area (TPSA) is 87.7 Å². The molecule has 0 atom stereocenters. The number of carboxylic acids is 1. The summed E-state index contributed by atoms with van der Waals surface area (Å²) in [6.45, 7) is 0. The molecule has 0 amide bonds. The van der Waals surface area contributed by atoms with E-state index >= 15 is 0 Å². The van der Waals surface area contributed by atoms with Gasteiger partial charge < -0.3 is 14.6 Å². The number of fused-ring (bicyclic) bond motifs is 4. The van der Waals surface area contributed by atoms with Crippen LogP contribution >= 0.6 is 0 Å². The van der Waals surface area contributed by atoms with E-state index < -0.39 is 5.97 Å². The van der Waals surface area contributed by atoms with E-state index in [2.05, 4.69) is 24.3 Å². The highest BCUT2D eigenvalue weighted by molar-refractivity contribution is 6.24. The smallest absolute Gasteiger partial charge is 0.336 e. The second-order valence-corrected chi connectivity index (χ2v) is 11.1. The van der Waals surface area contributed by atoms with Gasteiger partial charge in [0.05, 0.1) is 5.56 Å². The van der Waals surface area contributed by atoms with Gasteiger partial charge in [0.2, 0.25) is 0 Å². The van der Waals surface area contributed by atoms with Gasteiger partial charge in [0.15, 0.2) is 5.43 Å². The fourth-order valence-corrected chi connectivity index (χ4v) is 6.59. The highest BCUT2D eigenvalue weighted by Crippen LogP contribution is 2.48. The van der Waals surface area contributed by atoms with Gasteiger partial charge in [0, 0.05) is 28.6 Å². The van der Waals surface area contributed by atoms with Crippen molar-refractivity contribution in [3.05, 3.63) is 149 Å². The maximum Gasteiger partial charge on any atom is 0.336 e. The van der Waals surface area contributed by atoms with Gasteiger partial charge in [-0.15, -0.1) is 0 Å². The van der Waals surface area contributed by atoms with Crippen LogP contribution in [0.15, 0.2) is 143 Å². The molecule has 0 spiro atoms. The Morgan fingerprint density at radius 3 is 1.76 bits per heavy atom. The Kier molecular flexibility index (Phi) is 6.00. The molecule has 0 aromatic heterocycles. The molecule has 45 heavy (non-hydrogen) atoms. The van der Waals surface area contributed by atoms with Crippen LogP contribution in [0.3, 0.4) is 0 Å². The maximum atomic E-state index is 13.2. The van der Waals surface area contributed by atoms with Crippen LogP contribution in [0.25, 0.3) is 77.2 Å². The lowest BCUT2D eigenvalue weighted by molar-refractivity contribution is 0.0698. The summed E-state index contributed by atoms with van der Waals surface area (Å²) in [4.78, 5) is 25.6. The van der Waals surface area contributed by atoms with Crippen LogP contribution < -0.4 is 5.43 Å². The molecule has 0 radical (unpaired) electrons. The number of phenols is 1. The van der Waals surface area contributed by atoms with Crippen molar-refractivity contribution in [1.29, 1.82) is 0 Å². The zero-order chi connectivity index (χ0) is 30.7. The average Bonchev–Trinajstić information content (AvgIpc) is 3.06. The van der Waals surface area contributed by atoms with E-state index in [-0.39, 0.29) is 16.7 Å². The number of carbonyl (C=O) groups is 1. The first kappa shape index (κ1) is 26.4. The Balaban J connectivity index is 1.62. The lowest BCUT2D eigenvalue weighted by atomic mass is 9.82. The first-order valence-electron chi connectivity index (χ1n) is 14.5. The third-order valence-electron chi connectivity index (χ3n) is 8.46. The maximum absolute atomic E-state index is 13.2. The molecule has 2 N–H and O–H groups in total. The summed E-state index contributed by atoms with van der Waals surface area (Å²) in [7, 11) is 0. The number of carboxylic acid groups (broad SMARTS) is 1. The van der Waals surface area contributed by atoms with Gasteiger partial charge >= 0.3 is 5.97 Å². The summed E-state index contributed by atoms with van der Waals surface area (Å²) in [6, 6.07) is 41.4. The average molecular weight is 585 g/mol. The minimum atomic E-state index is -1.08. The molecule has 5 nitrogen and oxygen atoms in total. The largest absolute Gasteiger partial charge is 0.508 e. The molecule has 0 fully saturated rings. The number of rotatable bonds is 4. The second-order valence-electron chi connectivity index (χ2n) is 11.1. The van der Waals surface area contributed by atoms with Gasteiger partial charge in [-0.3, -0.25) is 4.79 Å². The van der Waals surface area contributed by atoms with Crippen LogP contribution in [0.1, 0.15) is 10.4 Å². The first-order chi connectivity index (χ1) is 22.0. The van der Waals surface area contributed by atoms with E-state index in [4.69, 9.17) is 4.42 Å². The molecule has 1 aliphatic heterocycles. The Labute approximate surface area is 257 Å². The second kappa shape index (κ2) is 10.2. The molecule has 6 aromatic rings. The van der Waals surface area contributed by atoms with E-state index in [1.807, 2.05) is 66.7 Å². The van der Waals surface area contributed by atoms with E-state index in [9.17, 15) is 19.8 Å². The van der Waals surface area contributed by atoms with Crippen molar-refractivity contribution in [3.8, 4) is 50.5 Å². The summed E-state index contributed by atoms with van der Waals surface area (Å²) in [5.74, 6) is -0.780. The van der Waals surface area contributed by atoms with Gasteiger partial charge in [-0.05, 0) is 85.8 Å². The van der Waals surface area contributed by atoms with Crippen molar-refractivity contribution in [1.82, 2.24) is 0 Å². The van der Waals surface area contributed by atoms with Crippen molar-refractivity contribution in [3.63, 3.8) is 0 Å². The molecule has 6 aromatic carbocycles. The number of hydrogen-bond acceptors (Lipinski definition) is 4. The number of benzene rings is 7. The fourth-order valence-electron chi connectivity index (χ4n) is 6.59. The predicted octanol–water partition coefficient (Wildman–Crippen LogP) is 9.61. The first-order valence-corrected chi connectivity index (χ1v) is 14.5. The van der Waals surface area contributed by atoms with Crippen molar-refractivity contribution in [2.24, 2.45) is 0 Å². The van der Waals surface area contributed by atoms with Crippen LogP contribution in [-0.2, 0) is 0 Å². The van der Waals surface area contributed by atoms with Crippen LogP contribution in [0.2, 0.25) is 0 Å². The molecule has 0 bridgehead atoms. The molecule has 1 aliphatic carbocycles. The molecule has 2 aliphatic rings. The van der Waals surface area contributed by atoms with Gasteiger partial charge in [0.1, 0.15) is 17.1 Å². The molecule has 0 unspecified atom stereocenters. The lowest BCUT2D eigenvalue weighted by Crippen LogP contribution is -2.04. The SMILES string of the molecule is O=C(O)c1cc2c(-c3ccccc3)c3ccccc3c(-c3ccccc3)c2cc1-c1c2ccc(=O)cc-2oc2cc(O)ccc12. The Morgan fingerprint density at radius 1 is 0.533 bits per heavy atom. The number of aromatic carboxylic acids is 1. The van der Waals surface area contributed by atoms with E-state index in [1.165, 1.54) is 18.2 Å². The van der Waals surface area contributed by atoms with E-state index in [0.29, 0.717) is 33.4 Å². The van der Waals surface area contributed by atoms with Gasteiger partial charge in [-0.1, -0.05) is 84.9 Å². The van der Waals surface area contributed by atoms with Crippen molar-refractivity contribution in [2.45, 2.75) is 0 Å². The Hall–Kier alpha value is -6.20. The monoisotopic (exact) mass is 584 g/mol. The molecule has 5 heteroatoms. The lowest BCUT2D eigenvalue weighted by Gasteiger charge is -2.21. The molecular weight excluding hydrogens is 560 g/mol. The van der Waals surface area contributed by atoms with Crippen molar-refractivity contribution >= 4 is 38.5 Å². The van der Waals surface area contributed by atoms with E-state index in [0.717, 1.165) is 43.8 Å². The van der Waals surface area contributed by atoms with Crippen LogP contribution in [0.5, 0.6) is 5.75 Å². The quantitative estimate of drug-likeness (QED) is 0.201. The zero-order valence-electron chi connectivity index (χ0n) is 23.8. The normalized spacial score (nSPS) is 11.5. The standard InChI is InChI=1S/C40H24O5/c41-25-15-17-29-35(19-25)45-36-20-26(42)16-18-30(36)39(29)33-21-31-32(22-34(33)40(43)44)38(24-11-5-2-6-12-24)28-14-8-7-13-27(28)37(31)23-9-3-1-4-10-23/h1-22,41H,(H,43,44). The third-order valence-corrected chi connectivity index (χ3v) is 8.46. The van der Waals surface area contributed by atoms with Gasteiger partial charge in [-0.2, -0.15) is 0 Å². The minimum absolute atomic E-state index is 0.00265. The molecule has 214 valence electrons. The summed E-state index contributed by atoms with van der Waals surface area (Å²) >= 11 is 0. The van der Waals surface area contributed by atoms with E-state index in [1.54, 1.807) is 24.3 Å². The van der Waals surface area contributed by atoms with Crippen LogP contribution in [-0.4, -0.2) is 16.2 Å². The molecule has 0 saturated heterocycles. The Morgan fingerprint density at radius 2 is 1.13 bits per heavy atom. The summed E-state index contributed by atoms with van der Waals surface area (Å²) < 4.78 is 6.08. The summed E-state index contributed by atoms with van der Waals surface area (Å²) in [5.41, 5.74) is 5.84. The Bertz CT molecular complexity index is 2480. The third kappa shape index (κ3) is 4.25. The molecule has 0 saturated carbocycles. The van der Waals surface area contributed by atoms with Gasteiger partial charge in [-0.25, -0.2) is 4.79 Å². The van der Waals surface area contributed by atoms with Crippen LogP contribution in [0.4, 0.5) is 0 Å². The number of aromatic hydroxyl groups is 1. The number of phenolic OH excluding ortho intramolecular Hbond substituents is 1. The zero-order valence-corrected chi connectivity index (χ0v) is 23.8. The number of hydrogen-bond donors (Lipinski definition) is 2. The highest BCUT2D eigenvalue weighted by atomic mass is 16.4. The summed E-state index contributed by atoms with van der Waals surface area (Å²) in [5, 5.41) is 25.4. The highest BCUT2D eigenvalue weighted by Gasteiger charge is 2.25. The minimum Gasteiger partial charge on any atom is -0.508 e. The molecule has 8 rings (SSSR count). The predicted molar refractivity (Wildman–Crippen MR) is 179 cm³/mol. The van der Waals surface area contributed by atoms with Crippen LogP contribution in [0, 0.1) is 0 Å². The summed E-state index contributed by atoms with van der Waals surface area (Å²) in [6.07, 6.45) is 0. The molecular formula is C40H24O5. The molecule has 1 heterocycles.